The van der Waals surface area contributed by atoms with Gasteiger partial charge in [-0.15, -0.1) is 0 Å². The summed E-state index contributed by atoms with van der Waals surface area (Å²) in [6.45, 7) is 14.1. The van der Waals surface area contributed by atoms with Gasteiger partial charge in [-0.3, -0.25) is 9.59 Å². The lowest BCUT2D eigenvalue weighted by molar-refractivity contribution is -0.133. The zero-order chi connectivity index (χ0) is 17.4. The average molecular weight is 313 g/mol. The number of unbranched alkanes of at least 4 members (excludes halogenated alkanes) is 2. The van der Waals surface area contributed by atoms with E-state index in [9.17, 15) is 9.59 Å². The molecule has 0 saturated heterocycles. The highest BCUT2D eigenvalue weighted by Crippen LogP contribution is 2.39. The van der Waals surface area contributed by atoms with E-state index in [1.54, 1.807) is 0 Å². The van der Waals surface area contributed by atoms with Crippen LogP contribution in [0.5, 0.6) is 0 Å². The molecule has 5 nitrogen and oxygen atoms in total. The summed E-state index contributed by atoms with van der Waals surface area (Å²) in [5, 5.41) is 5.80. The summed E-state index contributed by atoms with van der Waals surface area (Å²) < 4.78 is 0. The van der Waals surface area contributed by atoms with E-state index in [1.807, 2.05) is 0 Å². The largest absolute Gasteiger partial charge is 0.356 e. The van der Waals surface area contributed by atoms with Crippen LogP contribution in [0.3, 0.4) is 0 Å². The Balaban J connectivity index is 4.04. The normalized spacial score (nSPS) is 12.4. The molecule has 0 spiro atoms. The van der Waals surface area contributed by atoms with Crippen molar-refractivity contribution in [2.75, 3.05) is 19.6 Å². The van der Waals surface area contributed by atoms with Gasteiger partial charge in [0, 0.05) is 19.0 Å². The van der Waals surface area contributed by atoms with E-state index in [4.69, 9.17) is 5.73 Å². The van der Waals surface area contributed by atoms with Crippen molar-refractivity contribution < 1.29 is 9.59 Å². The molecule has 5 heteroatoms. The summed E-state index contributed by atoms with van der Waals surface area (Å²) in [5.74, 6) is -0.00761. The van der Waals surface area contributed by atoms with Gasteiger partial charge in [0.25, 0.3) is 0 Å². The van der Waals surface area contributed by atoms with Crippen LogP contribution < -0.4 is 16.4 Å². The summed E-state index contributed by atoms with van der Waals surface area (Å²) >= 11 is 0. The quantitative estimate of drug-likeness (QED) is 0.600. The second-order valence-corrected chi connectivity index (χ2v) is 8.07. The van der Waals surface area contributed by atoms with Gasteiger partial charge >= 0.3 is 0 Å². The predicted octanol–water partition coefficient (Wildman–Crippen LogP) is 2.06. The maximum absolute atomic E-state index is 12.5. The van der Waals surface area contributed by atoms with Gasteiger partial charge < -0.3 is 16.4 Å². The van der Waals surface area contributed by atoms with Gasteiger partial charge in [0.05, 0.1) is 6.54 Å². The standard InChI is InChI=1S/C17H35N3O2/c1-16(2,3)14(17(4,5)6)15(22)20-11-9-7-8-10-19-13(21)12-18/h14H,7-12,18H2,1-6H3,(H,19,21)(H,20,22). The van der Waals surface area contributed by atoms with Crippen molar-refractivity contribution >= 4 is 11.8 Å². The molecule has 0 radical (unpaired) electrons. The number of hydrogen-bond donors (Lipinski definition) is 3. The average Bonchev–Trinajstić information content (AvgIpc) is 2.33. The third-order valence-corrected chi connectivity index (χ3v) is 3.65. The van der Waals surface area contributed by atoms with E-state index < -0.39 is 0 Å². The SMILES string of the molecule is CC(C)(C)C(C(=O)NCCCCCNC(=O)CN)C(C)(C)C. The van der Waals surface area contributed by atoms with Crippen LogP contribution >= 0.6 is 0 Å². The molecule has 22 heavy (non-hydrogen) atoms. The van der Waals surface area contributed by atoms with Crippen LogP contribution in [0.15, 0.2) is 0 Å². The molecule has 0 saturated carbocycles. The summed E-state index contributed by atoms with van der Waals surface area (Å²) in [4.78, 5) is 23.4. The van der Waals surface area contributed by atoms with Crippen molar-refractivity contribution in [3.63, 3.8) is 0 Å². The predicted molar refractivity (Wildman–Crippen MR) is 91.3 cm³/mol. The molecule has 0 bridgehead atoms. The number of hydrogen-bond acceptors (Lipinski definition) is 3. The molecule has 2 amide bonds. The van der Waals surface area contributed by atoms with Crippen molar-refractivity contribution in [3.8, 4) is 0 Å². The maximum atomic E-state index is 12.5. The third kappa shape index (κ3) is 8.37. The van der Waals surface area contributed by atoms with Gasteiger partial charge in [0.1, 0.15) is 0 Å². The van der Waals surface area contributed by atoms with Crippen molar-refractivity contribution in [2.24, 2.45) is 22.5 Å². The minimum atomic E-state index is -0.119. The Morgan fingerprint density at radius 1 is 0.864 bits per heavy atom. The van der Waals surface area contributed by atoms with Crippen LogP contribution in [0.4, 0.5) is 0 Å². The summed E-state index contributed by atoms with van der Waals surface area (Å²) in [6.07, 6.45) is 2.80. The zero-order valence-electron chi connectivity index (χ0n) is 15.2. The first-order valence-electron chi connectivity index (χ1n) is 8.24. The van der Waals surface area contributed by atoms with E-state index in [0.29, 0.717) is 13.1 Å². The fraction of sp³-hybridized carbons (Fsp3) is 0.882. The highest BCUT2D eigenvalue weighted by Gasteiger charge is 2.40. The molecule has 0 unspecified atom stereocenters. The van der Waals surface area contributed by atoms with Crippen molar-refractivity contribution in [2.45, 2.75) is 60.8 Å². The summed E-state index contributed by atoms with van der Waals surface area (Å²) in [6, 6.07) is 0. The van der Waals surface area contributed by atoms with E-state index >= 15 is 0 Å². The van der Waals surface area contributed by atoms with Crippen LogP contribution in [-0.4, -0.2) is 31.4 Å². The minimum absolute atomic E-state index is 0.0242. The molecular weight excluding hydrogens is 278 g/mol. The van der Waals surface area contributed by atoms with E-state index in [2.05, 4.69) is 52.2 Å². The van der Waals surface area contributed by atoms with Gasteiger partial charge in [-0.1, -0.05) is 41.5 Å². The Morgan fingerprint density at radius 2 is 1.32 bits per heavy atom. The lowest BCUT2D eigenvalue weighted by Gasteiger charge is -2.39. The van der Waals surface area contributed by atoms with E-state index in [0.717, 1.165) is 19.3 Å². The van der Waals surface area contributed by atoms with Crippen molar-refractivity contribution in [1.29, 1.82) is 0 Å². The van der Waals surface area contributed by atoms with E-state index in [-0.39, 0.29) is 35.1 Å². The Kier molecular flexibility index (Phi) is 8.68. The number of nitrogens with one attached hydrogen (secondary N) is 2. The molecule has 130 valence electrons. The Bertz CT molecular complexity index is 340. The molecule has 0 fully saturated rings. The van der Waals surface area contributed by atoms with Crippen LogP contribution in [-0.2, 0) is 9.59 Å². The first kappa shape index (κ1) is 20.9. The molecule has 0 aromatic carbocycles. The molecule has 0 heterocycles. The number of carbonyl (C=O) groups excluding carboxylic acids is 2. The van der Waals surface area contributed by atoms with Gasteiger partial charge in [-0.2, -0.15) is 0 Å². The molecule has 0 aliphatic heterocycles. The van der Waals surface area contributed by atoms with Crippen molar-refractivity contribution in [1.82, 2.24) is 10.6 Å². The Labute approximate surface area is 135 Å². The molecule has 4 N–H and O–H groups in total. The van der Waals surface area contributed by atoms with Gasteiger partial charge in [-0.25, -0.2) is 0 Å². The zero-order valence-corrected chi connectivity index (χ0v) is 15.2. The lowest BCUT2D eigenvalue weighted by atomic mass is 9.66. The minimum Gasteiger partial charge on any atom is -0.356 e. The van der Waals surface area contributed by atoms with Crippen LogP contribution in [0.2, 0.25) is 0 Å². The lowest BCUT2D eigenvalue weighted by Crippen LogP contribution is -2.45. The molecule has 0 rings (SSSR count). The smallest absolute Gasteiger partial charge is 0.233 e. The molecule has 0 aliphatic rings. The fourth-order valence-corrected chi connectivity index (χ4v) is 3.13. The maximum Gasteiger partial charge on any atom is 0.233 e. The monoisotopic (exact) mass is 313 g/mol. The molecule has 0 aromatic rings. The third-order valence-electron chi connectivity index (χ3n) is 3.65. The van der Waals surface area contributed by atoms with Crippen LogP contribution in [0.1, 0.15) is 60.8 Å². The van der Waals surface area contributed by atoms with Crippen LogP contribution in [0.25, 0.3) is 0 Å². The number of carbonyl (C=O) groups is 2. The first-order chi connectivity index (χ1) is 10.00. The second kappa shape index (κ2) is 9.13. The Morgan fingerprint density at radius 3 is 1.73 bits per heavy atom. The molecular formula is C17H35N3O2. The summed E-state index contributed by atoms with van der Waals surface area (Å²) in [7, 11) is 0. The van der Waals surface area contributed by atoms with Crippen molar-refractivity contribution in [3.05, 3.63) is 0 Å². The number of rotatable bonds is 8. The fourth-order valence-electron chi connectivity index (χ4n) is 3.13. The first-order valence-corrected chi connectivity index (χ1v) is 8.24. The van der Waals surface area contributed by atoms with Crippen LogP contribution in [0, 0.1) is 16.7 Å². The van der Waals surface area contributed by atoms with E-state index in [1.165, 1.54) is 0 Å². The molecule has 0 aliphatic carbocycles. The topological polar surface area (TPSA) is 84.2 Å². The second-order valence-electron chi connectivity index (χ2n) is 8.07. The number of amides is 2. The summed E-state index contributed by atoms with van der Waals surface area (Å²) in [5.41, 5.74) is 5.09. The number of nitrogens with two attached hydrogens (primary N) is 1. The molecule has 0 aromatic heterocycles. The van der Waals surface area contributed by atoms with Gasteiger partial charge in [0.2, 0.25) is 11.8 Å². The Hall–Kier alpha value is -1.10. The van der Waals surface area contributed by atoms with Gasteiger partial charge in [-0.05, 0) is 30.1 Å². The highest BCUT2D eigenvalue weighted by atomic mass is 16.2. The van der Waals surface area contributed by atoms with Gasteiger partial charge in [0.15, 0.2) is 0 Å². The highest BCUT2D eigenvalue weighted by molar-refractivity contribution is 5.80. The molecule has 0 atom stereocenters.